The van der Waals surface area contributed by atoms with E-state index in [2.05, 4.69) is 5.32 Å². The molecule has 2 unspecified atom stereocenters. The van der Waals surface area contributed by atoms with Crippen molar-refractivity contribution in [1.29, 1.82) is 0 Å². The molecule has 104 valence electrons. The van der Waals surface area contributed by atoms with Crippen LogP contribution in [0.3, 0.4) is 0 Å². The summed E-state index contributed by atoms with van der Waals surface area (Å²) in [5, 5.41) is 3.71. The van der Waals surface area contributed by atoms with Crippen molar-refractivity contribution < 1.29 is 9.53 Å². The van der Waals surface area contributed by atoms with Crippen LogP contribution in [-0.2, 0) is 9.53 Å². The Kier molecular flexibility index (Phi) is 4.80. The van der Waals surface area contributed by atoms with Gasteiger partial charge in [0.15, 0.2) is 0 Å². The Labute approximate surface area is 118 Å². The lowest BCUT2D eigenvalue weighted by Crippen LogP contribution is -2.45. The number of carbonyl (C=O) groups is 1. The molecule has 1 amide bonds. The van der Waals surface area contributed by atoms with Crippen molar-refractivity contribution in [1.82, 2.24) is 5.32 Å². The molecule has 0 aromatic heterocycles. The predicted octanol–water partition coefficient (Wildman–Crippen LogP) is 1.88. The van der Waals surface area contributed by atoms with Crippen molar-refractivity contribution in [3.63, 3.8) is 0 Å². The molecular weight excluding hydrogens is 264 g/mol. The van der Waals surface area contributed by atoms with Crippen LogP contribution in [0.15, 0.2) is 24.3 Å². The largest absolute Gasteiger partial charge is 0.383 e. The highest BCUT2D eigenvalue weighted by atomic mass is 35.5. The standard InChI is InChI=1S/C14H19ClN2O2/c1-19-8-12(16)14(18)17-13(9-2-3-9)10-4-6-11(15)7-5-10/h4-7,9,12-13H,2-3,8,16H2,1H3,(H,17,18). The van der Waals surface area contributed by atoms with Crippen molar-refractivity contribution >= 4 is 17.5 Å². The average molecular weight is 283 g/mol. The number of carbonyl (C=O) groups excluding carboxylic acids is 1. The number of amides is 1. The highest BCUT2D eigenvalue weighted by Crippen LogP contribution is 2.41. The van der Waals surface area contributed by atoms with Crippen LogP contribution in [0.2, 0.25) is 5.02 Å². The van der Waals surface area contributed by atoms with Crippen LogP contribution < -0.4 is 11.1 Å². The summed E-state index contributed by atoms with van der Waals surface area (Å²) in [5.41, 5.74) is 6.81. The fourth-order valence-corrected chi connectivity index (χ4v) is 2.21. The molecule has 0 saturated heterocycles. The number of rotatable bonds is 6. The summed E-state index contributed by atoms with van der Waals surface area (Å²) >= 11 is 5.89. The predicted molar refractivity (Wildman–Crippen MR) is 74.9 cm³/mol. The van der Waals surface area contributed by atoms with Gasteiger partial charge >= 0.3 is 0 Å². The highest BCUT2D eigenvalue weighted by Gasteiger charge is 2.34. The van der Waals surface area contributed by atoms with Crippen LogP contribution in [0.25, 0.3) is 0 Å². The van der Waals surface area contributed by atoms with E-state index >= 15 is 0 Å². The van der Waals surface area contributed by atoms with Gasteiger partial charge in [0, 0.05) is 12.1 Å². The van der Waals surface area contributed by atoms with Crippen LogP contribution in [0.4, 0.5) is 0 Å². The third kappa shape index (κ3) is 3.93. The Morgan fingerprint density at radius 1 is 1.47 bits per heavy atom. The van der Waals surface area contributed by atoms with Gasteiger partial charge in [0.1, 0.15) is 6.04 Å². The number of nitrogens with two attached hydrogens (primary N) is 1. The fraction of sp³-hybridized carbons (Fsp3) is 0.500. The molecule has 2 rings (SSSR count). The smallest absolute Gasteiger partial charge is 0.239 e. The Bertz CT molecular complexity index is 432. The van der Waals surface area contributed by atoms with Gasteiger partial charge in [-0.2, -0.15) is 0 Å². The monoisotopic (exact) mass is 282 g/mol. The van der Waals surface area contributed by atoms with Gasteiger partial charge in [-0.15, -0.1) is 0 Å². The highest BCUT2D eigenvalue weighted by molar-refractivity contribution is 6.30. The van der Waals surface area contributed by atoms with Gasteiger partial charge in [-0.05, 0) is 36.5 Å². The lowest BCUT2D eigenvalue weighted by molar-refractivity contribution is -0.124. The molecule has 0 bridgehead atoms. The molecular formula is C14H19ClN2O2. The van der Waals surface area contributed by atoms with Gasteiger partial charge < -0.3 is 15.8 Å². The first-order valence-corrected chi connectivity index (χ1v) is 6.80. The van der Waals surface area contributed by atoms with Gasteiger partial charge in [-0.3, -0.25) is 4.79 Å². The van der Waals surface area contributed by atoms with E-state index in [4.69, 9.17) is 22.1 Å². The summed E-state index contributed by atoms with van der Waals surface area (Å²) in [6.07, 6.45) is 2.26. The zero-order valence-corrected chi connectivity index (χ0v) is 11.7. The van der Waals surface area contributed by atoms with Crippen LogP contribution >= 0.6 is 11.6 Å². The van der Waals surface area contributed by atoms with Crippen molar-refractivity contribution in [3.05, 3.63) is 34.9 Å². The third-order valence-electron chi connectivity index (χ3n) is 3.30. The lowest BCUT2D eigenvalue weighted by atomic mass is 10.0. The molecule has 5 heteroatoms. The summed E-state index contributed by atoms with van der Waals surface area (Å²) < 4.78 is 4.90. The molecule has 19 heavy (non-hydrogen) atoms. The topological polar surface area (TPSA) is 64.3 Å². The molecule has 1 saturated carbocycles. The second-order valence-corrected chi connectivity index (χ2v) is 5.37. The Morgan fingerprint density at radius 2 is 2.11 bits per heavy atom. The summed E-state index contributed by atoms with van der Waals surface area (Å²) in [7, 11) is 1.53. The van der Waals surface area contributed by atoms with Crippen LogP contribution in [0, 0.1) is 5.92 Å². The quantitative estimate of drug-likeness (QED) is 0.837. The van der Waals surface area contributed by atoms with Gasteiger partial charge in [0.2, 0.25) is 5.91 Å². The van der Waals surface area contributed by atoms with E-state index in [9.17, 15) is 4.79 Å². The zero-order chi connectivity index (χ0) is 13.8. The molecule has 1 fully saturated rings. The summed E-state index contributed by atoms with van der Waals surface area (Å²) in [5.74, 6) is 0.327. The number of ether oxygens (including phenoxy) is 1. The maximum absolute atomic E-state index is 12.0. The maximum Gasteiger partial charge on any atom is 0.239 e. The van der Waals surface area contributed by atoms with Crippen molar-refractivity contribution in [2.24, 2.45) is 11.7 Å². The minimum absolute atomic E-state index is 0.0210. The number of hydrogen-bond acceptors (Lipinski definition) is 3. The number of nitrogens with one attached hydrogen (secondary N) is 1. The number of halogens is 1. The molecule has 3 N–H and O–H groups in total. The second kappa shape index (κ2) is 6.37. The Hall–Kier alpha value is -1.10. The van der Waals surface area contributed by atoms with Crippen LogP contribution in [-0.4, -0.2) is 25.7 Å². The summed E-state index contributed by atoms with van der Waals surface area (Å²) in [6, 6.07) is 6.98. The molecule has 0 spiro atoms. The molecule has 0 aliphatic heterocycles. The number of benzene rings is 1. The molecule has 0 heterocycles. The molecule has 4 nitrogen and oxygen atoms in total. The zero-order valence-electron chi connectivity index (χ0n) is 10.9. The van der Waals surface area contributed by atoms with Crippen molar-refractivity contribution in [2.45, 2.75) is 24.9 Å². The lowest BCUT2D eigenvalue weighted by Gasteiger charge is -2.21. The minimum Gasteiger partial charge on any atom is -0.383 e. The van der Waals surface area contributed by atoms with E-state index in [0.29, 0.717) is 10.9 Å². The minimum atomic E-state index is -0.626. The molecule has 2 atom stereocenters. The molecule has 1 aliphatic rings. The first-order chi connectivity index (χ1) is 9.11. The first kappa shape index (κ1) is 14.3. The second-order valence-electron chi connectivity index (χ2n) is 4.94. The van der Waals surface area contributed by atoms with E-state index in [1.165, 1.54) is 7.11 Å². The maximum atomic E-state index is 12.0. The van der Waals surface area contributed by atoms with E-state index in [1.807, 2.05) is 24.3 Å². The Morgan fingerprint density at radius 3 is 2.63 bits per heavy atom. The van der Waals surface area contributed by atoms with Crippen LogP contribution in [0.1, 0.15) is 24.4 Å². The van der Waals surface area contributed by atoms with E-state index in [0.717, 1.165) is 18.4 Å². The average Bonchev–Trinajstić information content (AvgIpc) is 3.21. The van der Waals surface area contributed by atoms with E-state index in [-0.39, 0.29) is 18.6 Å². The fourth-order valence-electron chi connectivity index (χ4n) is 2.09. The van der Waals surface area contributed by atoms with Crippen molar-refractivity contribution in [3.8, 4) is 0 Å². The number of hydrogen-bond donors (Lipinski definition) is 2. The molecule has 0 radical (unpaired) electrons. The molecule has 1 aromatic carbocycles. The first-order valence-electron chi connectivity index (χ1n) is 6.42. The van der Waals surface area contributed by atoms with Gasteiger partial charge in [-0.1, -0.05) is 23.7 Å². The summed E-state index contributed by atoms with van der Waals surface area (Å²) in [6.45, 7) is 0.226. The third-order valence-corrected chi connectivity index (χ3v) is 3.56. The van der Waals surface area contributed by atoms with Crippen LogP contribution in [0.5, 0.6) is 0 Å². The van der Waals surface area contributed by atoms with Gasteiger partial charge in [0.25, 0.3) is 0 Å². The van der Waals surface area contributed by atoms with Gasteiger partial charge in [-0.25, -0.2) is 0 Å². The molecule has 1 aromatic rings. The van der Waals surface area contributed by atoms with Gasteiger partial charge in [0.05, 0.1) is 12.6 Å². The van der Waals surface area contributed by atoms with E-state index in [1.54, 1.807) is 0 Å². The molecule has 1 aliphatic carbocycles. The van der Waals surface area contributed by atoms with Crippen molar-refractivity contribution in [2.75, 3.05) is 13.7 Å². The SMILES string of the molecule is COCC(N)C(=O)NC(c1ccc(Cl)cc1)C1CC1. The normalized spacial score (nSPS) is 17.8. The summed E-state index contributed by atoms with van der Waals surface area (Å²) in [4.78, 5) is 12.0. The number of methoxy groups -OCH3 is 1. The van der Waals surface area contributed by atoms with E-state index < -0.39 is 6.04 Å². The Balaban J connectivity index is 2.04.